The number of imidazole rings is 1. The number of benzene rings is 1. The largest absolute Gasteiger partial charge is 0.390 e. The molecule has 0 saturated heterocycles. The lowest BCUT2D eigenvalue weighted by molar-refractivity contribution is 0.0662. The van der Waals surface area contributed by atoms with Crippen LogP contribution in [0.1, 0.15) is 30.9 Å². The standard InChI is InChI=1S/C18H20ClN5O3/c1-18(2,27)6-7-24-14-8-11(4-5-13(14)23(3)17(24)26)21-16-12(19)9-20-15(10-25)22-16/h4-5,8-10,27H,6-7H2,1-3H3,(H,20,21,22). The van der Waals surface area contributed by atoms with Crippen molar-refractivity contribution in [2.24, 2.45) is 7.05 Å². The molecule has 0 radical (unpaired) electrons. The Morgan fingerprint density at radius 1 is 1.33 bits per heavy atom. The molecule has 3 aromatic rings. The van der Waals surface area contributed by atoms with E-state index < -0.39 is 5.60 Å². The maximum absolute atomic E-state index is 12.6. The van der Waals surface area contributed by atoms with Gasteiger partial charge in [-0.05, 0) is 38.5 Å². The second-order valence-electron chi connectivity index (χ2n) is 6.93. The second kappa shape index (κ2) is 7.13. The van der Waals surface area contributed by atoms with Crippen molar-refractivity contribution >= 4 is 40.4 Å². The molecule has 0 atom stereocenters. The number of halogens is 1. The summed E-state index contributed by atoms with van der Waals surface area (Å²) in [5.41, 5.74) is 1.11. The van der Waals surface area contributed by atoms with Gasteiger partial charge in [0.05, 0.1) is 22.8 Å². The molecule has 2 aromatic heterocycles. The summed E-state index contributed by atoms with van der Waals surface area (Å²) in [5, 5.41) is 13.3. The molecule has 2 N–H and O–H groups in total. The number of nitrogens with zero attached hydrogens (tertiary/aromatic N) is 4. The predicted octanol–water partition coefficient (Wildman–Crippen LogP) is 2.50. The zero-order valence-corrected chi connectivity index (χ0v) is 16.0. The maximum Gasteiger partial charge on any atom is 0.328 e. The van der Waals surface area contributed by atoms with E-state index in [1.807, 2.05) is 6.07 Å². The summed E-state index contributed by atoms with van der Waals surface area (Å²) in [6.07, 6.45) is 2.32. The van der Waals surface area contributed by atoms with Gasteiger partial charge in [-0.3, -0.25) is 13.9 Å². The fraction of sp³-hybridized carbons (Fsp3) is 0.333. The molecule has 2 heterocycles. The number of rotatable bonds is 6. The highest BCUT2D eigenvalue weighted by Crippen LogP contribution is 2.25. The van der Waals surface area contributed by atoms with Crippen LogP contribution in [0.2, 0.25) is 5.02 Å². The molecule has 1 aromatic carbocycles. The van der Waals surface area contributed by atoms with Crippen LogP contribution < -0.4 is 11.0 Å². The second-order valence-corrected chi connectivity index (χ2v) is 7.33. The monoisotopic (exact) mass is 389 g/mol. The molecule has 0 bridgehead atoms. The Bertz CT molecular complexity index is 1070. The third kappa shape index (κ3) is 4.01. The minimum Gasteiger partial charge on any atom is -0.390 e. The summed E-state index contributed by atoms with van der Waals surface area (Å²) in [4.78, 5) is 31.3. The summed E-state index contributed by atoms with van der Waals surface area (Å²) in [6.45, 7) is 3.79. The van der Waals surface area contributed by atoms with Crippen molar-refractivity contribution in [3.05, 3.63) is 45.7 Å². The van der Waals surface area contributed by atoms with Crippen LogP contribution in [0.4, 0.5) is 11.5 Å². The molecule has 0 aliphatic rings. The van der Waals surface area contributed by atoms with Gasteiger partial charge in [-0.1, -0.05) is 11.6 Å². The van der Waals surface area contributed by atoms with E-state index in [2.05, 4.69) is 15.3 Å². The van der Waals surface area contributed by atoms with E-state index >= 15 is 0 Å². The van der Waals surface area contributed by atoms with Crippen LogP contribution in [0.15, 0.2) is 29.2 Å². The van der Waals surface area contributed by atoms with Gasteiger partial charge >= 0.3 is 5.69 Å². The Labute approximate surface area is 160 Å². The van der Waals surface area contributed by atoms with Crippen molar-refractivity contribution in [1.29, 1.82) is 0 Å². The Kier molecular flexibility index (Phi) is 5.03. The first kappa shape index (κ1) is 19.1. The van der Waals surface area contributed by atoms with Crippen LogP contribution in [-0.4, -0.2) is 36.1 Å². The van der Waals surface area contributed by atoms with Crippen molar-refractivity contribution in [2.75, 3.05) is 5.32 Å². The number of fused-ring (bicyclic) bond motifs is 1. The number of carbonyl (C=O) groups is 1. The van der Waals surface area contributed by atoms with Gasteiger partial charge in [0.15, 0.2) is 17.9 Å². The first-order chi connectivity index (χ1) is 12.7. The van der Waals surface area contributed by atoms with Crippen molar-refractivity contribution in [1.82, 2.24) is 19.1 Å². The van der Waals surface area contributed by atoms with Crippen molar-refractivity contribution in [3.63, 3.8) is 0 Å². The first-order valence-electron chi connectivity index (χ1n) is 8.36. The summed E-state index contributed by atoms with van der Waals surface area (Å²) >= 11 is 6.09. The third-order valence-electron chi connectivity index (χ3n) is 4.22. The van der Waals surface area contributed by atoms with Gasteiger partial charge in [0.25, 0.3) is 0 Å². The smallest absolute Gasteiger partial charge is 0.328 e. The molecule has 8 nitrogen and oxygen atoms in total. The maximum atomic E-state index is 12.6. The summed E-state index contributed by atoms with van der Waals surface area (Å²) < 4.78 is 3.18. The van der Waals surface area contributed by atoms with Crippen LogP contribution in [0.25, 0.3) is 11.0 Å². The zero-order chi connectivity index (χ0) is 19.8. The van der Waals surface area contributed by atoms with Gasteiger partial charge in [0, 0.05) is 19.3 Å². The number of anilines is 2. The van der Waals surface area contributed by atoms with Gasteiger partial charge in [0.1, 0.15) is 5.02 Å². The van der Waals surface area contributed by atoms with E-state index in [0.29, 0.717) is 30.8 Å². The quantitative estimate of drug-likeness (QED) is 0.628. The molecule has 0 aliphatic heterocycles. The highest BCUT2D eigenvalue weighted by Gasteiger charge is 2.17. The predicted molar refractivity (Wildman–Crippen MR) is 104 cm³/mol. The van der Waals surface area contributed by atoms with Crippen LogP contribution >= 0.6 is 11.6 Å². The Hall–Kier alpha value is -2.71. The molecule has 0 amide bonds. The number of aliphatic hydroxyl groups is 1. The number of aryl methyl sites for hydroxylation is 2. The average Bonchev–Trinajstić information content (AvgIpc) is 2.85. The lowest BCUT2D eigenvalue weighted by Gasteiger charge is -2.17. The van der Waals surface area contributed by atoms with E-state index in [0.717, 1.165) is 11.0 Å². The Morgan fingerprint density at radius 3 is 2.74 bits per heavy atom. The van der Waals surface area contributed by atoms with E-state index in [9.17, 15) is 14.7 Å². The number of carbonyl (C=O) groups excluding carboxylic acids is 1. The number of aromatic nitrogens is 4. The normalized spacial score (nSPS) is 11.7. The minimum atomic E-state index is -0.878. The average molecular weight is 390 g/mol. The van der Waals surface area contributed by atoms with Gasteiger partial charge < -0.3 is 10.4 Å². The Morgan fingerprint density at radius 2 is 2.07 bits per heavy atom. The van der Waals surface area contributed by atoms with E-state index in [-0.39, 0.29) is 16.5 Å². The molecule has 0 unspecified atom stereocenters. The fourth-order valence-electron chi connectivity index (χ4n) is 2.75. The molecule has 3 rings (SSSR count). The van der Waals surface area contributed by atoms with Gasteiger partial charge in [-0.25, -0.2) is 14.8 Å². The molecule has 142 valence electrons. The van der Waals surface area contributed by atoms with E-state index in [1.165, 1.54) is 6.20 Å². The molecule has 0 aliphatic carbocycles. The Balaban J connectivity index is 2.01. The number of hydrogen-bond acceptors (Lipinski definition) is 6. The van der Waals surface area contributed by atoms with Crippen LogP contribution in [0.3, 0.4) is 0 Å². The van der Waals surface area contributed by atoms with E-state index in [1.54, 1.807) is 42.2 Å². The molecule has 0 saturated carbocycles. The number of hydrogen-bond donors (Lipinski definition) is 2. The molecule has 9 heteroatoms. The SMILES string of the molecule is Cn1c(=O)n(CCC(C)(C)O)c2cc(Nc3nc(C=O)ncc3Cl)ccc21. The van der Waals surface area contributed by atoms with Gasteiger partial charge in [-0.15, -0.1) is 0 Å². The molecular weight excluding hydrogens is 370 g/mol. The first-order valence-corrected chi connectivity index (χ1v) is 8.74. The molecule has 27 heavy (non-hydrogen) atoms. The molecule has 0 fully saturated rings. The van der Waals surface area contributed by atoms with Crippen molar-refractivity contribution in [3.8, 4) is 0 Å². The summed E-state index contributed by atoms with van der Waals surface area (Å²) in [6, 6.07) is 5.41. The third-order valence-corrected chi connectivity index (χ3v) is 4.50. The highest BCUT2D eigenvalue weighted by molar-refractivity contribution is 6.32. The van der Waals surface area contributed by atoms with Crippen LogP contribution in [0.5, 0.6) is 0 Å². The number of nitrogens with one attached hydrogen (secondary N) is 1. The van der Waals surface area contributed by atoms with Gasteiger partial charge in [0.2, 0.25) is 0 Å². The fourth-order valence-corrected chi connectivity index (χ4v) is 2.89. The topological polar surface area (TPSA) is 102 Å². The zero-order valence-electron chi connectivity index (χ0n) is 15.2. The summed E-state index contributed by atoms with van der Waals surface area (Å²) in [7, 11) is 1.70. The van der Waals surface area contributed by atoms with Crippen molar-refractivity contribution < 1.29 is 9.90 Å². The minimum absolute atomic E-state index is 0.0183. The van der Waals surface area contributed by atoms with Crippen LogP contribution in [-0.2, 0) is 13.6 Å². The van der Waals surface area contributed by atoms with Crippen molar-refractivity contribution in [2.45, 2.75) is 32.4 Å². The van der Waals surface area contributed by atoms with Crippen LogP contribution in [0, 0.1) is 0 Å². The van der Waals surface area contributed by atoms with Gasteiger partial charge in [-0.2, -0.15) is 0 Å². The summed E-state index contributed by atoms with van der Waals surface area (Å²) in [5.74, 6) is 0.319. The highest BCUT2D eigenvalue weighted by atomic mass is 35.5. The lowest BCUT2D eigenvalue weighted by Crippen LogP contribution is -2.27. The van der Waals surface area contributed by atoms with E-state index in [4.69, 9.17) is 11.6 Å². The molecule has 0 spiro atoms. The molecular formula is C18H20ClN5O3. The lowest BCUT2D eigenvalue weighted by atomic mass is 10.1. The number of aldehydes is 1.